The van der Waals surface area contributed by atoms with Crippen LogP contribution < -0.4 is 15.8 Å². The zero-order valence-electron chi connectivity index (χ0n) is 13.4. The van der Waals surface area contributed by atoms with E-state index in [-0.39, 0.29) is 17.2 Å². The van der Waals surface area contributed by atoms with Crippen LogP contribution in [0.3, 0.4) is 0 Å². The van der Waals surface area contributed by atoms with Gasteiger partial charge in [-0.05, 0) is 32.0 Å². The number of rotatable bonds is 1. The number of aromatic nitrogens is 1. The Hall–Kier alpha value is -1.84. The lowest BCUT2D eigenvalue weighted by Gasteiger charge is -2.40. The van der Waals surface area contributed by atoms with Crippen LogP contribution in [-0.2, 0) is 7.05 Å². The molecule has 1 aromatic heterocycles. The molecule has 23 heavy (non-hydrogen) atoms. The SMILES string of the molecule is C[C@@H]1CN(c2c(C#N)c(=O)n(C)c3ccc(Br)cc23)[C@@H](C)CN1. The first-order chi connectivity index (χ1) is 10.9. The van der Waals surface area contributed by atoms with E-state index < -0.39 is 0 Å². The molecule has 1 saturated heterocycles. The number of piperazine rings is 1. The zero-order valence-corrected chi connectivity index (χ0v) is 15.0. The molecule has 0 spiro atoms. The summed E-state index contributed by atoms with van der Waals surface area (Å²) in [7, 11) is 1.72. The van der Waals surface area contributed by atoms with E-state index in [1.54, 1.807) is 11.6 Å². The highest BCUT2D eigenvalue weighted by Crippen LogP contribution is 2.32. The summed E-state index contributed by atoms with van der Waals surface area (Å²) in [6.45, 7) is 5.83. The van der Waals surface area contributed by atoms with Crippen molar-refractivity contribution in [2.45, 2.75) is 25.9 Å². The number of nitrogens with zero attached hydrogens (tertiary/aromatic N) is 3. The molecule has 5 nitrogen and oxygen atoms in total. The molecule has 1 fully saturated rings. The fourth-order valence-corrected chi connectivity index (χ4v) is 3.60. The highest BCUT2D eigenvalue weighted by Gasteiger charge is 2.28. The van der Waals surface area contributed by atoms with E-state index in [4.69, 9.17) is 0 Å². The van der Waals surface area contributed by atoms with Gasteiger partial charge in [0.05, 0.1) is 11.2 Å². The molecule has 1 aliphatic rings. The quantitative estimate of drug-likeness (QED) is 0.832. The average Bonchev–Trinajstić information content (AvgIpc) is 2.53. The third-order valence-electron chi connectivity index (χ3n) is 4.49. The van der Waals surface area contributed by atoms with Crippen LogP contribution in [0.25, 0.3) is 10.9 Å². The minimum Gasteiger partial charge on any atom is -0.364 e. The normalized spacial score (nSPS) is 21.4. The van der Waals surface area contributed by atoms with Gasteiger partial charge in [-0.25, -0.2) is 0 Å². The van der Waals surface area contributed by atoms with Crippen LogP contribution >= 0.6 is 15.9 Å². The topological polar surface area (TPSA) is 61.1 Å². The summed E-state index contributed by atoms with van der Waals surface area (Å²) in [4.78, 5) is 14.8. The molecule has 0 amide bonds. The molecule has 1 aromatic carbocycles. The Balaban J connectivity index is 2.38. The number of pyridine rings is 1. The summed E-state index contributed by atoms with van der Waals surface area (Å²) < 4.78 is 2.49. The van der Waals surface area contributed by atoms with E-state index in [0.717, 1.165) is 34.2 Å². The van der Waals surface area contributed by atoms with Crippen LogP contribution in [0.2, 0.25) is 0 Å². The van der Waals surface area contributed by atoms with Gasteiger partial charge < -0.3 is 14.8 Å². The average molecular weight is 375 g/mol. The smallest absolute Gasteiger partial charge is 0.270 e. The second kappa shape index (κ2) is 5.99. The van der Waals surface area contributed by atoms with Crippen molar-refractivity contribution in [3.8, 4) is 6.07 Å². The first-order valence-corrected chi connectivity index (χ1v) is 8.45. The molecule has 2 atom stereocenters. The Morgan fingerprint density at radius 3 is 2.83 bits per heavy atom. The number of aryl methyl sites for hydroxylation is 1. The summed E-state index contributed by atoms with van der Waals surface area (Å²) in [6, 6.07) is 8.49. The molecular weight excluding hydrogens is 356 g/mol. The number of nitrogens with one attached hydrogen (secondary N) is 1. The van der Waals surface area contributed by atoms with E-state index in [1.807, 2.05) is 18.2 Å². The Morgan fingerprint density at radius 1 is 1.39 bits per heavy atom. The minimum absolute atomic E-state index is 0.215. The van der Waals surface area contributed by atoms with E-state index in [1.165, 1.54) is 0 Å². The van der Waals surface area contributed by atoms with Crippen molar-refractivity contribution >= 4 is 32.5 Å². The fourth-order valence-electron chi connectivity index (χ4n) is 3.24. The van der Waals surface area contributed by atoms with Crippen LogP contribution in [0.4, 0.5) is 5.69 Å². The predicted octanol–water partition coefficient (Wildman–Crippen LogP) is 2.36. The Bertz CT molecular complexity index is 867. The van der Waals surface area contributed by atoms with Crippen LogP contribution in [0.1, 0.15) is 19.4 Å². The summed E-state index contributed by atoms with van der Waals surface area (Å²) in [6.07, 6.45) is 0. The van der Waals surface area contributed by atoms with Crippen molar-refractivity contribution in [2.24, 2.45) is 7.05 Å². The molecular formula is C17H19BrN4O. The highest BCUT2D eigenvalue weighted by atomic mass is 79.9. The molecule has 0 bridgehead atoms. The fraction of sp³-hybridized carbons (Fsp3) is 0.412. The van der Waals surface area contributed by atoms with Crippen LogP contribution in [0.5, 0.6) is 0 Å². The van der Waals surface area contributed by atoms with Crippen molar-refractivity contribution in [1.82, 2.24) is 9.88 Å². The highest BCUT2D eigenvalue weighted by molar-refractivity contribution is 9.10. The molecule has 6 heteroatoms. The second-order valence-electron chi connectivity index (χ2n) is 6.17. The molecule has 0 radical (unpaired) electrons. The lowest BCUT2D eigenvalue weighted by Crippen LogP contribution is -2.55. The van der Waals surface area contributed by atoms with Gasteiger partial charge in [0, 0.05) is 42.1 Å². The number of anilines is 1. The van der Waals surface area contributed by atoms with Gasteiger partial charge in [-0.2, -0.15) is 5.26 Å². The summed E-state index contributed by atoms with van der Waals surface area (Å²) in [5.74, 6) is 0. The molecule has 1 aliphatic heterocycles. The molecule has 0 saturated carbocycles. The summed E-state index contributed by atoms with van der Waals surface area (Å²) >= 11 is 3.51. The standard InChI is InChI=1S/C17H19BrN4O/c1-10-9-22(11(2)8-20-10)16-13-6-12(18)4-5-15(13)21(3)17(23)14(16)7-19/h4-6,10-11,20H,8-9H2,1-3H3/t10-,11+/m1/s1. The van der Waals surface area contributed by atoms with E-state index in [2.05, 4.69) is 46.1 Å². The Labute approximate surface area is 143 Å². The monoisotopic (exact) mass is 374 g/mol. The number of hydrogen-bond acceptors (Lipinski definition) is 4. The van der Waals surface area contributed by atoms with E-state index in [0.29, 0.717) is 6.04 Å². The molecule has 1 N–H and O–H groups in total. The lowest BCUT2D eigenvalue weighted by molar-refractivity contribution is 0.425. The van der Waals surface area contributed by atoms with Crippen LogP contribution in [0, 0.1) is 11.3 Å². The lowest BCUT2D eigenvalue weighted by atomic mass is 10.0. The summed E-state index contributed by atoms with van der Waals surface area (Å²) in [5, 5.41) is 14.0. The molecule has 0 unspecified atom stereocenters. The maximum absolute atomic E-state index is 12.6. The van der Waals surface area contributed by atoms with Gasteiger partial charge in [-0.1, -0.05) is 15.9 Å². The first kappa shape index (κ1) is 16.0. The van der Waals surface area contributed by atoms with Crippen molar-refractivity contribution in [3.05, 3.63) is 38.6 Å². The third-order valence-corrected chi connectivity index (χ3v) is 4.99. The maximum Gasteiger partial charge on any atom is 0.270 e. The van der Waals surface area contributed by atoms with Gasteiger partial charge in [-0.3, -0.25) is 4.79 Å². The number of halogens is 1. The van der Waals surface area contributed by atoms with E-state index in [9.17, 15) is 10.1 Å². The van der Waals surface area contributed by atoms with Crippen LogP contribution in [0.15, 0.2) is 27.5 Å². The second-order valence-corrected chi connectivity index (χ2v) is 7.09. The number of hydrogen-bond donors (Lipinski definition) is 1. The molecule has 2 heterocycles. The van der Waals surface area contributed by atoms with Crippen LogP contribution in [-0.4, -0.2) is 29.7 Å². The Morgan fingerprint density at radius 2 is 2.13 bits per heavy atom. The van der Waals surface area contributed by atoms with Gasteiger partial charge in [0.2, 0.25) is 0 Å². The Kier molecular flexibility index (Phi) is 4.17. The van der Waals surface area contributed by atoms with Crippen molar-refractivity contribution < 1.29 is 0 Å². The molecule has 0 aliphatic carbocycles. The van der Waals surface area contributed by atoms with Gasteiger partial charge in [0.1, 0.15) is 11.6 Å². The minimum atomic E-state index is -0.240. The van der Waals surface area contributed by atoms with Crippen molar-refractivity contribution in [1.29, 1.82) is 5.26 Å². The number of fused-ring (bicyclic) bond motifs is 1. The van der Waals surface area contributed by atoms with Crippen molar-refractivity contribution in [2.75, 3.05) is 18.0 Å². The zero-order chi connectivity index (χ0) is 16.7. The van der Waals surface area contributed by atoms with Crippen molar-refractivity contribution in [3.63, 3.8) is 0 Å². The summed E-state index contributed by atoms with van der Waals surface area (Å²) in [5.41, 5.74) is 1.58. The first-order valence-electron chi connectivity index (χ1n) is 7.66. The molecule has 2 aromatic rings. The largest absolute Gasteiger partial charge is 0.364 e. The number of nitriles is 1. The van der Waals surface area contributed by atoms with Gasteiger partial charge in [0.25, 0.3) is 5.56 Å². The molecule has 120 valence electrons. The third kappa shape index (κ3) is 2.64. The maximum atomic E-state index is 12.6. The molecule has 3 rings (SSSR count). The van der Waals surface area contributed by atoms with Gasteiger partial charge >= 0.3 is 0 Å². The number of benzene rings is 1. The van der Waals surface area contributed by atoms with E-state index >= 15 is 0 Å². The van der Waals surface area contributed by atoms with Gasteiger partial charge in [-0.15, -0.1) is 0 Å². The van der Waals surface area contributed by atoms with Gasteiger partial charge in [0.15, 0.2) is 0 Å². The predicted molar refractivity (Wildman–Crippen MR) is 95.9 cm³/mol.